The number of aryl methyl sites for hydroxylation is 1. The van der Waals surface area contributed by atoms with Gasteiger partial charge in [-0.1, -0.05) is 26.0 Å². The highest BCUT2D eigenvalue weighted by molar-refractivity contribution is 5.95. The number of carboxylic acids is 1. The van der Waals surface area contributed by atoms with E-state index in [0.717, 1.165) is 17.5 Å². The van der Waals surface area contributed by atoms with Crippen molar-refractivity contribution < 1.29 is 19.7 Å². The summed E-state index contributed by atoms with van der Waals surface area (Å²) in [4.78, 5) is 12.2. The maximum absolute atomic E-state index is 12.2. The molecule has 2 atom stereocenters. The molecule has 0 heterocycles. The number of aliphatic carboxylic acids is 1. The Morgan fingerprint density at radius 1 is 1.30 bits per heavy atom. The molecule has 0 aromatic heterocycles. The molecule has 0 spiro atoms. The van der Waals surface area contributed by atoms with Crippen LogP contribution in [0.25, 0.3) is 0 Å². The highest BCUT2D eigenvalue weighted by atomic mass is 16.5. The monoisotopic (exact) mass is 411 g/mol. The van der Waals surface area contributed by atoms with Crippen molar-refractivity contribution in [2.45, 2.75) is 32.2 Å². The Morgan fingerprint density at radius 2 is 1.93 bits per heavy atom. The van der Waals surface area contributed by atoms with Crippen LogP contribution in [0.4, 0.5) is 5.69 Å². The minimum absolute atomic E-state index is 0.0506. The van der Waals surface area contributed by atoms with Crippen molar-refractivity contribution in [3.05, 3.63) is 71.3 Å². The molecule has 0 aliphatic heterocycles. The fraction of sp³-hybridized carbons (Fsp3) is 0.304. The predicted molar refractivity (Wildman–Crippen MR) is 118 cm³/mol. The van der Waals surface area contributed by atoms with Crippen LogP contribution in [0.15, 0.2) is 49.1 Å². The smallest absolute Gasteiger partial charge is 0.330 e. The zero-order valence-corrected chi connectivity index (χ0v) is 17.3. The summed E-state index contributed by atoms with van der Waals surface area (Å²) in [5.41, 5.74) is 8.89. The summed E-state index contributed by atoms with van der Waals surface area (Å²) in [7, 11) is 0. The van der Waals surface area contributed by atoms with Gasteiger partial charge in [0.05, 0.1) is 6.61 Å². The van der Waals surface area contributed by atoms with E-state index in [-0.39, 0.29) is 25.0 Å². The minimum atomic E-state index is -1.08. The third-order valence-electron chi connectivity index (χ3n) is 4.86. The second-order valence-electron chi connectivity index (χ2n) is 6.96. The van der Waals surface area contributed by atoms with Crippen LogP contribution >= 0.6 is 0 Å². The van der Waals surface area contributed by atoms with Gasteiger partial charge in [-0.3, -0.25) is 5.41 Å². The maximum atomic E-state index is 12.2. The number of anilines is 1. The number of hydrogen-bond acceptors (Lipinski definition) is 5. The van der Waals surface area contributed by atoms with E-state index in [4.69, 9.17) is 15.9 Å². The van der Waals surface area contributed by atoms with Gasteiger partial charge in [0.1, 0.15) is 18.2 Å². The fourth-order valence-corrected chi connectivity index (χ4v) is 3.12. The number of carbonyl (C=O) groups is 1. The van der Waals surface area contributed by atoms with Crippen LogP contribution in [-0.4, -0.2) is 35.2 Å². The predicted octanol–water partition coefficient (Wildman–Crippen LogP) is 3.43. The topological polar surface area (TPSA) is 129 Å². The van der Waals surface area contributed by atoms with Crippen LogP contribution in [0.3, 0.4) is 0 Å². The molecule has 0 amide bonds. The van der Waals surface area contributed by atoms with Crippen molar-refractivity contribution >= 4 is 17.5 Å². The van der Waals surface area contributed by atoms with Crippen LogP contribution in [0.2, 0.25) is 0 Å². The summed E-state index contributed by atoms with van der Waals surface area (Å²) in [6, 6.07) is 9.39. The number of nitrogens with two attached hydrogens (primary N) is 1. The Labute approximate surface area is 176 Å². The Morgan fingerprint density at radius 3 is 2.43 bits per heavy atom. The van der Waals surface area contributed by atoms with Gasteiger partial charge in [-0.25, -0.2) is 4.79 Å². The van der Waals surface area contributed by atoms with Crippen LogP contribution in [-0.2, 0) is 11.2 Å². The first-order chi connectivity index (χ1) is 14.3. The number of amidine groups is 1. The van der Waals surface area contributed by atoms with E-state index in [9.17, 15) is 15.0 Å². The first kappa shape index (κ1) is 23.0. The Hall–Kier alpha value is -3.32. The molecule has 160 valence electrons. The standard InChI is InChI=1S/C23H29N3O4/c1-4-14(3)18-12-15(5-2)13-19(21(18)30-11-10-27)20(23(28)29)26-17-8-6-16(7-9-17)22(24)25/h4,6-9,12-14,20,26-27H,1,5,10-11H2,2-3H3,(H3,24,25)(H,28,29)/t14-,20?/m0/s1. The number of nitrogen functional groups attached to an aromatic ring is 1. The molecule has 0 radical (unpaired) electrons. The lowest BCUT2D eigenvalue weighted by Crippen LogP contribution is -2.23. The quantitative estimate of drug-likeness (QED) is 0.219. The average molecular weight is 412 g/mol. The summed E-state index contributed by atoms with van der Waals surface area (Å²) in [6.07, 6.45) is 2.50. The molecule has 6 N–H and O–H groups in total. The van der Waals surface area contributed by atoms with E-state index in [1.807, 2.05) is 26.0 Å². The Bertz CT molecular complexity index is 909. The van der Waals surface area contributed by atoms with Crippen LogP contribution in [0.1, 0.15) is 48.1 Å². The number of benzene rings is 2. The van der Waals surface area contributed by atoms with E-state index in [0.29, 0.717) is 22.6 Å². The number of allylic oxidation sites excluding steroid dienone is 1. The molecular weight excluding hydrogens is 382 g/mol. The summed E-state index contributed by atoms with van der Waals surface area (Å²) in [5.74, 6) is -0.748. The second kappa shape index (κ2) is 10.5. The van der Waals surface area contributed by atoms with E-state index in [2.05, 4.69) is 11.9 Å². The zero-order chi connectivity index (χ0) is 22.3. The zero-order valence-electron chi connectivity index (χ0n) is 17.3. The molecule has 1 unspecified atom stereocenters. The lowest BCUT2D eigenvalue weighted by Gasteiger charge is -2.24. The van der Waals surface area contributed by atoms with Gasteiger partial charge in [0.15, 0.2) is 6.04 Å². The van der Waals surface area contributed by atoms with Gasteiger partial charge in [0.2, 0.25) is 0 Å². The van der Waals surface area contributed by atoms with E-state index >= 15 is 0 Å². The van der Waals surface area contributed by atoms with Gasteiger partial charge in [-0.2, -0.15) is 0 Å². The highest BCUT2D eigenvalue weighted by Gasteiger charge is 2.27. The third-order valence-corrected chi connectivity index (χ3v) is 4.86. The van der Waals surface area contributed by atoms with Crippen LogP contribution in [0.5, 0.6) is 5.75 Å². The Balaban J connectivity index is 2.57. The normalized spacial score (nSPS) is 12.6. The number of carboxylic acid groups (broad SMARTS) is 1. The van der Waals surface area contributed by atoms with Crippen molar-refractivity contribution in [2.75, 3.05) is 18.5 Å². The molecule has 2 aromatic rings. The van der Waals surface area contributed by atoms with Gasteiger partial charge in [-0.05, 0) is 42.3 Å². The van der Waals surface area contributed by atoms with E-state index in [1.54, 1.807) is 30.3 Å². The molecule has 0 aliphatic rings. The highest BCUT2D eigenvalue weighted by Crippen LogP contribution is 2.37. The largest absolute Gasteiger partial charge is 0.491 e. The van der Waals surface area contributed by atoms with Gasteiger partial charge >= 0.3 is 5.97 Å². The Kier molecular flexibility index (Phi) is 8.00. The van der Waals surface area contributed by atoms with Crippen molar-refractivity contribution in [1.29, 1.82) is 5.41 Å². The lowest BCUT2D eigenvalue weighted by atomic mass is 9.91. The van der Waals surface area contributed by atoms with E-state index in [1.165, 1.54) is 0 Å². The summed E-state index contributed by atoms with van der Waals surface area (Å²) in [5, 5.41) is 29.8. The van der Waals surface area contributed by atoms with Crippen molar-refractivity contribution in [1.82, 2.24) is 0 Å². The van der Waals surface area contributed by atoms with Crippen molar-refractivity contribution in [3.63, 3.8) is 0 Å². The first-order valence-corrected chi connectivity index (χ1v) is 9.79. The second-order valence-corrected chi connectivity index (χ2v) is 6.96. The van der Waals surface area contributed by atoms with Crippen molar-refractivity contribution in [3.8, 4) is 5.75 Å². The third kappa shape index (κ3) is 5.39. The molecule has 0 bridgehead atoms. The molecule has 7 heteroatoms. The molecular formula is C23H29N3O4. The summed E-state index contributed by atoms with van der Waals surface area (Å²) >= 11 is 0. The number of aliphatic hydroxyl groups is 1. The summed E-state index contributed by atoms with van der Waals surface area (Å²) in [6.45, 7) is 7.67. The first-order valence-electron chi connectivity index (χ1n) is 9.79. The number of ether oxygens (including phenoxy) is 1. The SMILES string of the molecule is C=C[C@H](C)c1cc(CC)cc(C(Nc2ccc(C(=N)N)cc2)C(=O)O)c1OCCO. The fourth-order valence-electron chi connectivity index (χ4n) is 3.12. The van der Waals surface area contributed by atoms with Gasteiger partial charge in [-0.15, -0.1) is 6.58 Å². The average Bonchev–Trinajstić information content (AvgIpc) is 2.75. The molecule has 2 aromatic carbocycles. The molecule has 7 nitrogen and oxygen atoms in total. The number of aliphatic hydroxyl groups excluding tert-OH is 1. The number of nitrogens with one attached hydrogen (secondary N) is 2. The molecule has 30 heavy (non-hydrogen) atoms. The summed E-state index contributed by atoms with van der Waals surface area (Å²) < 4.78 is 5.81. The van der Waals surface area contributed by atoms with Gasteiger partial charge < -0.3 is 26.0 Å². The maximum Gasteiger partial charge on any atom is 0.330 e. The van der Waals surface area contributed by atoms with Gasteiger partial charge in [0, 0.05) is 28.3 Å². The minimum Gasteiger partial charge on any atom is -0.491 e. The van der Waals surface area contributed by atoms with Crippen LogP contribution < -0.4 is 15.8 Å². The lowest BCUT2D eigenvalue weighted by molar-refractivity contribution is -0.138. The molecule has 0 saturated heterocycles. The number of rotatable bonds is 11. The van der Waals surface area contributed by atoms with Crippen molar-refractivity contribution in [2.24, 2.45) is 5.73 Å². The van der Waals surface area contributed by atoms with Crippen LogP contribution in [0, 0.1) is 5.41 Å². The molecule has 0 saturated carbocycles. The molecule has 0 fully saturated rings. The number of hydrogen-bond donors (Lipinski definition) is 5. The van der Waals surface area contributed by atoms with Gasteiger partial charge in [0.25, 0.3) is 0 Å². The molecule has 0 aliphatic carbocycles. The van der Waals surface area contributed by atoms with E-state index < -0.39 is 12.0 Å². The molecule has 2 rings (SSSR count).